The van der Waals surface area contributed by atoms with Crippen LogP contribution < -0.4 is 4.74 Å². The van der Waals surface area contributed by atoms with Crippen LogP contribution in [0.2, 0.25) is 0 Å². The molecule has 140 valence electrons. The van der Waals surface area contributed by atoms with E-state index in [0.717, 1.165) is 0 Å². The molecule has 1 aromatic carbocycles. The number of rotatable bonds is 6. The summed E-state index contributed by atoms with van der Waals surface area (Å²) in [6, 6.07) is 6.78. The second-order valence-corrected chi connectivity index (χ2v) is 7.45. The molecular formula is C19H22BrNO5. The van der Waals surface area contributed by atoms with Crippen LogP contribution in [0.5, 0.6) is 5.75 Å². The molecule has 1 atom stereocenters. The van der Waals surface area contributed by atoms with Crippen molar-refractivity contribution in [2.24, 2.45) is 0 Å². The Morgan fingerprint density at radius 1 is 1.27 bits per heavy atom. The van der Waals surface area contributed by atoms with Gasteiger partial charge >= 0.3 is 11.9 Å². The van der Waals surface area contributed by atoms with Gasteiger partial charge in [-0.15, -0.1) is 0 Å². The number of methoxy groups -OCH3 is 1. The first-order chi connectivity index (χ1) is 12.2. The quantitative estimate of drug-likeness (QED) is 0.518. The van der Waals surface area contributed by atoms with E-state index in [1.165, 1.54) is 13.2 Å². The molecule has 0 aliphatic heterocycles. The molecule has 0 saturated carbocycles. The fourth-order valence-corrected chi connectivity index (χ4v) is 2.74. The molecule has 2 aromatic rings. The van der Waals surface area contributed by atoms with E-state index in [1.807, 2.05) is 6.07 Å². The maximum atomic E-state index is 12.5. The van der Waals surface area contributed by atoms with Gasteiger partial charge in [0.2, 0.25) is 0 Å². The Morgan fingerprint density at radius 3 is 2.62 bits per heavy atom. The highest BCUT2D eigenvalue weighted by Crippen LogP contribution is 2.28. The van der Waals surface area contributed by atoms with Gasteiger partial charge in [0.25, 0.3) is 0 Å². The van der Waals surface area contributed by atoms with E-state index in [2.05, 4.69) is 20.9 Å². The van der Waals surface area contributed by atoms with Crippen LogP contribution in [0.25, 0.3) is 10.9 Å². The van der Waals surface area contributed by atoms with Crippen LogP contribution in [0.3, 0.4) is 0 Å². The summed E-state index contributed by atoms with van der Waals surface area (Å²) < 4.78 is 16.2. The molecule has 0 bridgehead atoms. The van der Waals surface area contributed by atoms with Crippen LogP contribution in [0.15, 0.2) is 30.5 Å². The number of hydrogen-bond acceptors (Lipinski definition) is 6. The number of halogens is 1. The number of nitrogens with zero attached hydrogens (tertiary/aromatic N) is 1. The number of hydrogen-bond donors (Lipinski definition) is 0. The third-order valence-electron chi connectivity index (χ3n) is 3.40. The molecule has 1 aromatic heterocycles. The minimum atomic E-state index is -0.827. The van der Waals surface area contributed by atoms with Crippen molar-refractivity contribution in [3.8, 4) is 5.75 Å². The lowest BCUT2D eigenvalue weighted by Crippen LogP contribution is -2.35. The number of pyridine rings is 1. The Morgan fingerprint density at radius 2 is 2.00 bits per heavy atom. The minimum Gasteiger partial charge on any atom is -0.476 e. The number of carbonyl (C=O) groups excluding carboxylic acids is 2. The van der Waals surface area contributed by atoms with Crippen LogP contribution in [0.4, 0.5) is 0 Å². The molecule has 1 unspecified atom stereocenters. The highest BCUT2D eigenvalue weighted by atomic mass is 79.9. The Balaban J connectivity index is 2.42. The van der Waals surface area contributed by atoms with Gasteiger partial charge in [0, 0.05) is 23.3 Å². The zero-order valence-electron chi connectivity index (χ0n) is 15.2. The zero-order chi connectivity index (χ0) is 19.3. The van der Waals surface area contributed by atoms with E-state index in [1.54, 1.807) is 39.1 Å². The van der Waals surface area contributed by atoms with Crippen molar-refractivity contribution in [1.82, 2.24) is 4.98 Å². The van der Waals surface area contributed by atoms with Gasteiger partial charge in [0.1, 0.15) is 16.9 Å². The van der Waals surface area contributed by atoms with E-state index in [-0.39, 0.29) is 0 Å². The number of ether oxygens (including phenoxy) is 3. The smallest absolute Gasteiger partial charge is 0.347 e. The second-order valence-electron chi connectivity index (χ2n) is 6.66. The standard InChI is InChI=1S/C19H22BrNO5/c1-19(2,3)26-18(23)14(7-8-20)25-15-11-13(17(22)24-4)10-12-6-5-9-21-16(12)15/h5-6,9-11,14H,7-8H2,1-4H3. The second kappa shape index (κ2) is 8.49. The van der Waals surface area contributed by atoms with Crippen molar-refractivity contribution in [3.05, 3.63) is 36.0 Å². The van der Waals surface area contributed by atoms with Crippen molar-refractivity contribution < 1.29 is 23.8 Å². The maximum absolute atomic E-state index is 12.5. The molecule has 26 heavy (non-hydrogen) atoms. The topological polar surface area (TPSA) is 74.7 Å². The largest absolute Gasteiger partial charge is 0.476 e. The van der Waals surface area contributed by atoms with Crippen molar-refractivity contribution in [3.63, 3.8) is 0 Å². The summed E-state index contributed by atoms with van der Waals surface area (Å²) >= 11 is 3.33. The molecule has 0 aliphatic rings. The maximum Gasteiger partial charge on any atom is 0.347 e. The van der Waals surface area contributed by atoms with Crippen molar-refractivity contribution >= 4 is 38.8 Å². The van der Waals surface area contributed by atoms with Gasteiger partial charge in [-0.1, -0.05) is 22.0 Å². The fraction of sp³-hybridized carbons (Fsp3) is 0.421. The number of carbonyl (C=O) groups is 2. The monoisotopic (exact) mass is 423 g/mol. The molecule has 2 rings (SSSR count). The minimum absolute atomic E-state index is 0.324. The SMILES string of the molecule is COC(=O)c1cc(OC(CCBr)C(=O)OC(C)(C)C)c2ncccc2c1. The molecule has 0 spiro atoms. The van der Waals surface area contributed by atoms with Crippen LogP contribution >= 0.6 is 15.9 Å². The summed E-state index contributed by atoms with van der Waals surface area (Å²) in [7, 11) is 1.31. The first-order valence-corrected chi connectivity index (χ1v) is 9.30. The Kier molecular flexibility index (Phi) is 6.58. The number of fused-ring (bicyclic) bond motifs is 1. The van der Waals surface area contributed by atoms with Gasteiger partial charge in [-0.25, -0.2) is 9.59 Å². The Bertz CT molecular complexity index is 800. The lowest BCUT2D eigenvalue weighted by Gasteiger charge is -2.24. The van der Waals surface area contributed by atoms with E-state index in [0.29, 0.717) is 34.0 Å². The normalized spacial score (nSPS) is 12.5. The summed E-state index contributed by atoms with van der Waals surface area (Å²) in [4.78, 5) is 28.7. The number of esters is 2. The molecule has 1 heterocycles. The molecular weight excluding hydrogens is 402 g/mol. The summed E-state index contributed by atoms with van der Waals surface area (Å²) in [6.45, 7) is 5.39. The number of aromatic nitrogens is 1. The highest BCUT2D eigenvalue weighted by Gasteiger charge is 2.27. The van der Waals surface area contributed by atoms with E-state index < -0.39 is 23.6 Å². The van der Waals surface area contributed by atoms with Crippen molar-refractivity contribution in [2.75, 3.05) is 12.4 Å². The third kappa shape index (κ3) is 5.17. The summed E-state index contributed by atoms with van der Waals surface area (Å²) in [6.07, 6.45) is 1.21. The average Bonchev–Trinajstić information content (AvgIpc) is 2.58. The first-order valence-electron chi connectivity index (χ1n) is 8.17. The van der Waals surface area contributed by atoms with Crippen LogP contribution in [-0.2, 0) is 14.3 Å². The van der Waals surface area contributed by atoms with Gasteiger partial charge in [-0.3, -0.25) is 4.98 Å². The lowest BCUT2D eigenvalue weighted by atomic mass is 10.1. The van der Waals surface area contributed by atoms with Gasteiger partial charge in [0.05, 0.1) is 12.7 Å². The van der Waals surface area contributed by atoms with E-state index in [4.69, 9.17) is 14.2 Å². The zero-order valence-corrected chi connectivity index (χ0v) is 16.8. The fourth-order valence-electron chi connectivity index (χ4n) is 2.33. The van der Waals surface area contributed by atoms with Crippen molar-refractivity contribution in [2.45, 2.75) is 38.9 Å². The Hall–Kier alpha value is -2.15. The predicted octanol–water partition coefficient (Wildman–Crippen LogP) is 3.90. The predicted molar refractivity (Wildman–Crippen MR) is 102 cm³/mol. The number of alkyl halides is 1. The van der Waals surface area contributed by atoms with Crippen LogP contribution in [0.1, 0.15) is 37.6 Å². The lowest BCUT2D eigenvalue weighted by molar-refractivity contribution is -0.163. The molecule has 0 fully saturated rings. The van der Waals surface area contributed by atoms with E-state index >= 15 is 0 Å². The van der Waals surface area contributed by atoms with Crippen LogP contribution in [0, 0.1) is 0 Å². The highest BCUT2D eigenvalue weighted by molar-refractivity contribution is 9.09. The van der Waals surface area contributed by atoms with Gasteiger partial charge < -0.3 is 14.2 Å². The molecule has 0 saturated heterocycles. The summed E-state index contributed by atoms with van der Waals surface area (Å²) in [5, 5.41) is 1.27. The first kappa shape index (κ1) is 20.2. The molecule has 0 amide bonds. The van der Waals surface area contributed by atoms with Crippen molar-refractivity contribution in [1.29, 1.82) is 0 Å². The third-order valence-corrected chi connectivity index (χ3v) is 3.86. The van der Waals surface area contributed by atoms with Gasteiger partial charge in [0.15, 0.2) is 6.10 Å². The van der Waals surface area contributed by atoms with Crippen LogP contribution in [-0.4, -0.2) is 41.1 Å². The van der Waals surface area contributed by atoms with Gasteiger partial charge in [-0.05, 0) is 39.0 Å². The molecule has 6 nitrogen and oxygen atoms in total. The Labute approximate surface area is 161 Å². The molecule has 0 aliphatic carbocycles. The van der Waals surface area contributed by atoms with E-state index in [9.17, 15) is 9.59 Å². The average molecular weight is 424 g/mol. The molecule has 0 N–H and O–H groups in total. The molecule has 7 heteroatoms. The number of benzene rings is 1. The summed E-state index contributed by atoms with van der Waals surface area (Å²) in [5.74, 6) is -0.625. The molecule has 0 radical (unpaired) electrons. The van der Waals surface area contributed by atoms with Gasteiger partial charge in [-0.2, -0.15) is 0 Å². The summed E-state index contributed by atoms with van der Waals surface area (Å²) in [5.41, 5.74) is 0.257.